The number of anilines is 1. The van der Waals surface area contributed by atoms with Crippen molar-refractivity contribution in [1.29, 1.82) is 0 Å². The molecule has 2 N–H and O–H groups in total. The van der Waals surface area contributed by atoms with Crippen LogP contribution in [-0.2, 0) is 0 Å². The van der Waals surface area contributed by atoms with E-state index in [0.717, 1.165) is 11.1 Å². The van der Waals surface area contributed by atoms with Crippen LogP contribution in [-0.4, -0.2) is 0 Å². The number of rotatable bonds is 1. The molecule has 3 heteroatoms. The van der Waals surface area contributed by atoms with E-state index in [2.05, 4.69) is 0 Å². The fourth-order valence-electron chi connectivity index (χ4n) is 1.61. The van der Waals surface area contributed by atoms with E-state index in [4.69, 9.17) is 17.3 Å². The number of nitrogens with two attached hydrogens (primary N) is 1. The molecule has 0 aliphatic carbocycles. The van der Waals surface area contributed by atoms with Gasteiger partial charge in [-0.15, -0.1) is 0 Å². The second kappa shape index (κ2) is 4.14. The summed E-state index contributed by atoms with van der Waals surface area (Å²) in [7, 11) is 0. The van der Waals surface area contributed by atoms with Crippen molar-refractivity contribution in [3.05, 3.63) is 52.8 Å². The maximum absolute atomic E-state index is 13.4. The predicted octanol–water partition coefficient (Wildman–Crippen LogP) is 4.04. The summed E-state index contributed by atoms with van der Waals surface area (Å²) in [5, 5.41) is 0.487. The maximum atomic E-state index is 13.4. The van der Waals surface area contributed by atoms with Crippen LogP contribution in [0, 0.1) is 12.7 Å². The monoisotopic (exact) mass is 235 g/mol. The third-order valence-corrected chi connectivity index (χ3v) is 2.91. The molecule has 0 aromatic heterocycles. The Labute approximate surface area is 98.7 Å². The Bertz CT molecular complexity index is 537. The molecule has 2 aromatic carbocycles. The Morgan fingerprint density at radius 2 is 1.94 bits per heavy atom. The van der Waals surface area contributed by atoms with Crippen molar-refractivity contribution in [2.75, 3.05) is 5.73 Å². The van der Waals surface area contributed by atoms with Crippen molar-refractivity contribution in [2.45, 2.75) is 6.92 Å². The number of benzene rings is 2. The average molecular weight is 236 g/mol. The van der Waals surface area contributed by atoms with E-state index in [1.807, 2.05) is 12.1 Å². The first-order valence-corrected chi connectivity index (χ1v) is 5.28. The highest BCUT2D eigenvalue weighted by Gasteiger charge is 2.07. The minimum Gasteiger partial charge on any atom is -0.398 e. The van der Waals surface area contributed by atoms with Crippen LogP contribution in [0.4, 0.5) is 10.1 Å². The van der Waals surface area contributed by atoms with Gasteiger partial charge in [-0.25, -0.2) is 4.39 Å². The van der Waals surface area contributed by atoms with Crippen LogP contribution < -0.4 is 5.73 Å². The largest absolute Gasteiger partial charge is 0.398 e. The van der Waals surface area contributed by atoms with E-state index in [1.54, 1.807) is 25.1 Å². The van der Waals surface area contributed by atoms with E-state index in [9.17, 15) is 4.39 Å². The van der Waals surface area contributed by atoms with Gasteiger partial charge in [-0.3, -0.25) is 0 Å². The Morgan fingerprint density at radius 3 is 2.62 bits per heavy atom. The normalized spacial score (nSPS) is 10.4. The maximum Gasteiger partial charge on any atom is 0.126 e. The minimum absolute atomic E-state index is 0.217. The topological polar surface area (TPSA) is 26.0 Å². The van der Waals surface area contributed by atoms with Crippen LogP contribution in [0.1, 0.15) is 5.56 Å². The Kier molecular flexibility index (Phi) is 2.84. The van der Waals surface area contributed by atoms with Crippen LogP contribution in [0.25, 0.3) is 11.1 Å². The van der Waals surface area contributed by atoms with E-state index < -0.39 is 0 Å². The van der Waals surface area contributed by atoms with Gasteiger partial charge in [0, 0.05) is 0 Å². The van der Waals surface area contributed by atoms with Crippen LogP contribution in [0.3, 0.4) is 0 Å². The molecule has 0 heterocycles. The quantitative estimate of drug-likeness (QED) is 0.742. The number of halogens is 2. The van der Waals surface area contributed by atoms with Crippen molar-refractivity contribution >= 4 is 17.3 Å². The number of nitrogen functional groups attached to an aromatic ring is 1. The van der Waals surface area contributed by atoms with Crippen LogP contribution in [0.5, 0.6) is 0 Å². The van der Waals surface area contributed by atoms with Crippen LogP contribution in [0.2, 0.25) is 5.02 Å². The molecule has 0 aliphatic rings. The Balaban J connectivity index is 2.59. The lowest BCUT2D eigenvalue weighted by Crippen LogP contribution is -1.90. The van der Waals surface area contributed by atoms with Crippen molar-refractivity contribution in [3.8, 4) is 11.1 Å². The second-order valence-corrected chi connectivity index (χ2v) is 4.06. The number of hydrogen-bond acceptors (Lipinski definition) is 1. The summed E-state index contributed by atoms with van der Waals surface area (Å²) in [5.41, 5.74) is 8.48. The summed E-state index contributed by atoms with van der Waals surface area (Å²) < 4.78 is 13.4. The molecule has 16 heavy (non-hydrogen) atoms. The summed E-state index contributed by atoms with van der Waals surface area (Å²) in [6.07, 6.45) is 0. The lowest BCUT2D eigenvalue weighted by Gasteiger charge is -2.08. The molecule has 0 saturated heterocycles. The molecule has 2 rings (SSSR count). The van der Waals surface area contributed by atoms with Crippen molar-refractivity contribution < 1.29 is 4.39 Å². The van der Waals surface area contributed by atoms with E-state index >= 15 is 0 Å². The molecule has 0 spiro atoms. The first kappa shape index (κ1) is 11.0. The van der Waals surface area contributed by atoms with Crippen molar-refractivity contribution in [1.82, 2.24) is 0 Å². The Hall–Kier alpha value is -1.54. The van der Waals surface area contributed by atoms with Gasteiger partial charge in [-0.2, -0.15) is 0 Å². The zero-order valence-electron chi connectivity index (χ0n) is 8.80. The van der Waals surface area contributed by atoms with E-state index in [1.165, 1.54) is 6.07 Å². The number of hydrogen-bond donors (Lipinski definition) is 1. The molecular formula is C13H11ClFN. The molecule has 2 aromatic rings. The average Bonchev–Trinajstić information content (AvgIpc) is 2.26. The standard InChI is InChI=1S/C13H11ClFN/c1-8-10(3-2-4-12(8)15)9-5-6-13(16)11(14)7-9/h2-7H,16H2,1H3. The molecule has 0 saturated carbocycles. The lowest BCUT2D eigenvalue weighted by molar-refractivity contribution is 0.619. The molecule has 1 nitrogen and oxygen atoms in total. The molecule has 0 fully saturated rings. The highest BCUT2D eigenvalue weighted by Crippen LogP contribution is 2.29. The molecule has 82 valence electrons. The lowest BCUT2D eigenvalue weighted by atomic mass is 10.00. The summed E-state index contributed by atoms with van der Waals surface area (Å²) in [6, 6.07) is 10.3. The van der Waals surface area contributed by atoms with Gasteiger partial charge in [0.1, 0.15) is 5.82 Å². The van der Waals surface area contributed by atoms with Crippen molar-refractivity contribution in [2.24, 2.45) is 0 Å². The van der Waals surface area contributed by atoms with Gasteiger partial charge >= 0.3 is 0 Å². The van der Waals surface area contributed by atoms with Crippen molar-refractivity contribution in [3.63, 3.8) is 0 Å². The third kappa shape index (κ3) is 1.89. The first-order valence-electron chi connectivity index (χ1n) is 4.90. The molecule has 0 radical (unpaired) electrons. The zero-order chi connectivity index (χ0) is 11.7. The fourth-order valence-corrected chi connectivity index (χ4v) is 1.80. The van der Waals surface area contributed by atoms with Gasteiger partial charge in [0.05, 0.1) is 10.7 Å². The van der Waals surface area contributed by atoms with Gasteiger partial charge in [0.15, 0.2) is 0 Å². The van der Waals surface area contributed by atoms with Crippen LogP contribution >= 0.6 is 11.6 Å². The van der Waals surface area contributed by atoms with Gasteiger partial charge in [-0.1, -0.05) is 29.8 Å². The highest BCUT2D eigenvalue weighted by molar-refractivity contribution is 6.33. The van der Waals surface area contributed by atoms with E-state index in [0.29, 0.717) is 16.3 Å². The minimum atomic E-state index is -0.217. The first-order chi connectivity index (χ1) is 7.59. The summed E-state index contributed by atoms with van der Waals surface area (Å²) in [5.74, 6) is -0.217. The molecule has 0 unspecified atom stereocenters. The Morgan fingerprint density at radius 1 is 1.19 bits per heavy atom. The molecule has 0 atom stereocenters. The molecular weight excluding hydrogens is 225 g/mol. The molecule has 0 aliphatic heterocycles. The predicted molar refractivity (Wildman–Crippen MR) is 66.0 cm³/mol. The fraction of sp³-hybridized carbons (Fsp3) is 0.0769. The van der Waals surface area contributed by atoms with Crippen LogP contribution in [0.15, 0.2) is 36.4 Å². The van der Waals surface area contributed by atoms with Gasteiger partial charge in [0.2, 0.25) is 0 Å². The third-order valence-electron chi connectivity index (χ3n) is 2.58. The SMILES string of the molecule is Cc1c(F)cccc1-c1ccc(N)c(Cl)c1. The smallest absolute Gasteiger partial charge is 0.126 e. The summed E-state index contributed by atoms with van der Waals surface area (Å²) >= 11 is 5.94. The molecule has 0 bridgehead atoms. The van der Waals surface area contributed by atoms with E-state index in [-0.39, 0.29) is 5.82 Å². The summed E-state index contributed by atoms with van der Waals surface area (Å²) in [4.78, 5) is 0. The van der Waals surface area contributed by atoms with Gasteiger partial charge < -0.3 is 5.73 Å². The second-order valence-electron chi connectivity index (χ2n) is 3.65. The van der Waals surface area contributed by atoms with Gasteiger partial charge in [0.25, 0.3) is 0 Å². The zero-order valence-corrected chi connectivity index (χ0v) is 9.55. The highest BCUT2D eigenvalue weighted by atomic mass is 35.5. The summed E-state index contributed by atoms with van der Waals surface area (Å²) in [6.45, 7) is 1.74. The van der Waals surface area contributed by atoms with Gasteiger partial charge in [-0.05, 0) is 41.8 Å². The molecule has 0 amide bonds.